The van der Waals surface area contributed by atoms with Crippen molar-refractivity contribution in [1.29, 1.82) is 0 Å². The molecule has 0 radical (unpaired) electrons. The van der Waals surface area contributed by atoms with Crippen molar-refractivity contribution in [2.24, 2.45) is 0 Å². The number of esters is 2. The Hall–Kier alpha value is -2.25. The summed E-state index contributed by atoms with van der Waals surface area (Å²) in [6.07, 6.45) is 1.60. The average molecular weight is 297 g/mol. The maximum absolute atomic E-state index is 11.9. The van der Waals surface area contributed by atoms with Crippen molar-refractivity contribution >= 4 is 17.7 Å². The van der Waals surface area contributed by atoms with Crippen LogP contribution < -0.4 is 0 Å². The predicted octanol–water partition coefficient (Wildman–Crippen LogP) is 1.17. The summed E-state index contributed by atoms with van der Waals surface area (Å²) in [5.41, 5.74) is -0.307. The fourth-order valence-electron chi connectivity index (χ4n) is 2.05. The minimum Gasteiger partial charge on any atom is -0.464 e. The summed E-state index contributed by atoms with van der Waals surface area (Å²) in [6.45, 7) is 3.40. The lowest BCUT2D eigenvalue weighted by Gasteiger charge is -2.16. The van der Waals surface area contributed by atoms with Crippen LogP contribution in [-0.4, -0.2) is 46.9 Å². The summed E-state index contributed by atoms with van der Waals surface area (Å²) in [5, 5.41) is 7.53. The first-order valence-electron chi connectivity index (χ1n) is 6.57. The number of carbonyl (C=O) groups excluding carboxylic acids is 3. The second-order valence-electron chi connectivity index (χ2n) is 4.56. The Labute approximate surface area is 122 Å². The van der Waals surface area contributed by atoms with Gasteiger partial charge < -0.3 is 9.47 Å². The van der Waals surface area contributed by atoms with Gasteiger partial charge in [0, 0.05) is 6.42 Å². The van der Waals surface area contributed by atoms with Crippen molar-refractivity contribution in [3.63, 3.8) is 0 Å². The van der Waals surface area contributed by atoms with Crippen LogP contribution in [-0.2, 0) is 14.3 Å². The predicted molar refractivity (Wildman–Crippen MR) is 71.9 cm³/mol. The van der Waals surface area contributed by atoms with Gasteiger partial charge in [0.05, 0.1) is 20.3 Å². The summed E-state index contributed by atoms with van der Waals surface area (Å²) in [7, 11) is 2.38. The molecule has 1 aromatic rings. The molecule has 0 saturated heterocycles. The quantitative estimate of drug-likeness (QED) is 0.696. The number of ketones is 1. The molecule has 21 heavy (non-hydrogen) atoms. The van der Waals surface area contributed by atoms with Crippen LogP contribution in [0.25, 0.3) is 0 Å². The van der Waals surface area contributed by atoms with Crippen molar-refractivity contribution in [2.45, 2.75) is 39.2 Å². The molecule has 0 spiro atoms. The number of ether oxygens (including phenoxy) is 2. The van der Waals surface area contributed by atoms with Crippen LogP contribution in [0.15, 0.2) is 0 Å². The maximum atomic E-state index is 11.9. The van der Waals surface area contributed by atoms with E-state index in [1.165, 1.54) is 25.8 Å². The number of rotatable bonds is 7. The monoisotopic (exact) mass is 297 g/mol. The van der Waals surface area contributed by atoms with Gasteiger partial charge in [-0.1, -0.05) is 18.6 Å². The first-order valence-corrected chi connectivity index (χ1v) is 6.57. The molecule has 0 aliphatic heterocycles. The van der Waals surface area contributed by atoms with E-state index in [2.05, 4.69) is 19.8 Å². The van der Waals surface area contributed by atoms with Crippen LogP contribution in [0, 0.1) is 0 Å². The fourth-order valence-corrected chi connectivity index (χ4v) is 2.05. The molecule has 8 nitrogen and oxygen atoms in total. The van der Waals surface area contributed by atoms with Gasteiger partial charge in [0.15, 0.2) is 5.69 Å². The molecule has 1 rings (SSSR count). The molecular weight excluding hydrogens is 278 g/mol. The average Bonchev–Trinajstić information content (AvgIpc) is 2.89. The largest absolute Gasteiger partial charge is 0.464 e. The van der Waals surface area contributed by atoms with Gasteiger partial charge in [-0.15, -0.1) is 5.10 Å². The zero-order valence-electron chi connectivity index (χ0n) is 12.6. The number of hydrogen-bond donors (Lipinski definition) is 0. The van der Waals surface area contributed by atoms with Crippen molar-refractivity contribution in [1.82, 2.24) is 15.0 Å². The molecule has 1 atom stereocenters. The summed E-state index contributed by atoms with van der Waals surface area (Å²) in [4.78, 5) is 35.0. The van der Waals surface area contributed by atoms with E-state index in [-0.39, 0.29) is 29.6 Å². The molecule has 0 aliphatic carbocycles. The minimum absolute atomic E-state index is 0.0422. The summed E-state index contributed by atoms with van der Waals surface area (Å²) in [5.74, 6) is -1.57. The first-order chi connectivity index (χ1) is 9.96. The highest BCUT2D eigenvalue weighted by atomic mass is 16.5. The zero-order valence-corrected chi connectivity index (χ0v) is 12.6. The fraction of sp³-hybridized carbons (Fsp3) is 0.615. The lowest BCUT2D eigenvalue weighted by Crippen LogP contribution is -2.21. The number of aromatic nitrogens is 3. The molecule has 0 saturated carbocycles. The Morgan fingerprint density at radius 2 is 1.81 bits per heavy atom. The van der Waals surface area contributed by atoms with E-state index >= 15 is 0 Å². The Balaban J connectivity index is 3.32. The third-order valence-corrected chi connectivity index (χ3v) is 2.94. The Morgan fingerprint density at radius 3 is 2.29 bits per heavy atom. The molecule has 1 aromatic heterocycles. The Kier molecular flexibility index (Phi) is 6.01. The van der Waals surface area contributed by atoms with Crippen LogP contribution in [0.3, 0.4) is 0 Å². The molecule has 1 heterocycles. The van der Waals surface area contributed by atoms with Crippen LogP contribution in [0.1, 0.15) is 60.1 Å². The second kappa shape index (κ2) is 7.51. The topological polar surface area (TPSA) is 100 Å². The van der Waals surface area contributed by atoms with Gasteiger partial charge >= 0.3 is 11.9 Å². The molecular formula is C13H19N3O5. The van der Waals surface area contributed by atoms with Crippen LogP contribution in [0.2, 0.25) is 0 Å². The Morgan fingerprint density at radius 1 is 1.19 bits per heavy atom. The van der Waals surface area contributed by atoms with Gasteiger partial charge in [-0.05, 0) is 13.3 Å². The van der Waals surface area contributed by atoms with Gasteiger partial charge in [0.1, 0.15) is 5.78 Å². The molecule has 0 unspecified atom stereocenters. The summed E-state index contributed by atoms with van der Waals surface area (Å²) < 4.78 is 10.5. The van der Waals surface area contributed by atoms with E-state index in [1.807, 2.05) is 6.92 Å². The molecule has 0 bridgehead atoms. The maximum Gasteiger partial charge on any atom is 0.361 e. The van der Waals surface area contributed by atoms with Crippen LogP contribution in [0.4, 0.5) is 0 Å². The number of nitrogens with zero attached hydrogens (tertiary/aromatic N) is 3. The number of Topliss-reactive ketones (excluding diaryl/α,β-unsaturated/α-hetero) is 1. The normalized spacial score (nSPS) is 11.8. The lowest BCUT2D eigenvalue weighted by atomic mass is 10.1. The van der Waals surface area contributed by atoms with Gasteiger partial charge in [-0.3, -0.25) is 4.79 Å². The van der Waals surface area contributed by atoms with Gasteiger partial charge in [-0.25, -0.2) is 14.3 Å². The van der Waals surface area contributed by atoms with E-state index < -0.39 is 11.9 Å². The molecule has 0 fully saturated rings. The molecule has 0 amide bonds. The third kappa shape index (κ3) is 3.87. The van der Waals surface area contributed by atoms with Crippen LogP contribution in [0.5, 0.6) is 0 Å². The number of hydrogen-bond acceptors (Lipinski definition) is 7. The second-order valence-corrected chi connectivity index (χ2v) is 4.56. The highest BCUT2D eigenvalue weighted by Gasteiger charge is 2.30. The van der Waals surface area contributed by atoms with Gasteiger partial charge in [-0.2, -0.15) is 0 Å². The molecule has 116 valence electrons. The van der Waals surface area contributed by atoms with Crippen molar-refractivity contribution in [2.75, 3.05) is 14.2 Å². The lowest BCUT2D eigenvalue weighted by molar-refractivity contribution is -0.117. The highest BCUT2D eigenvalue weighted by molar-refractivity contribution is 6.00. The third-order valence-electron chi connectivity index (χ3n) is 2.94. The molecule has 0 aromatic carbocycles. The number of methoxy groups -OCH3 is 2. The van der Waals surface area contributed by atoms with E-state index in [9.17, 15) is 14.4 Å². The van der Waals surface area contributed by atoms with E-state index in [0.29, 0.717) is 6.42 Å². The van der Waals surface area contributed by atoms with E-state index in [0.717, 1.165) is 6.42 Å². The Bertz CT molecular complexity index is 538. The smallest absolute Gasteiger partial charge is 0.361 e. The zero-order chi connectivity index (χ0) is 16.0. The van der Waals surface area contributed by atoms with Crippen molar-refractivity contribution in [3.8, 4) is 0 Å². The SMILES string of the molecule is CCC[C@H](CC(C)=O)n1nnc(C(=O)OC)c1C(=O)OC. The molecule has 8 heteroatoms. The summed E-state index contributed by atoms with van der Waals surface area (Å²) >= 11 is 0. The number of carbonyl (C=O) groups is 3. The molecule has 0 N–H and O–H groups in total. The van der Waals surface area contributed by atoms with Crippen molar-refractivity contribution < 1.29 is 23.9 Å². The molecule has 0 aliphatic rings. The first kappa shape index (κ1) is 16.8. The minimum atomic E-state index is -0.778. The highest BCUT2D eigenvalue weighted by Crippen LogP contribution is 2.22. The van der Waals surface area contributed by atoms with E-state index in [1.54, 1.807) is 0 Å². The van der Waals surface area contributed by atoms with Crippen LogP contribution >= 0.6 is 0 Å². The van der Waals surface area contributed by atoms with Gasteiger partial charge in [0.25, 0.3) is 0 Å². The van der Waals surface area contributed by atoms with E-state index in [4.69, 9.17) is 0 Å². The summed E-state index contributed by atoms with van der Waals surface area (Å²) in [6, 6.07) is -0.354. The standard InChI is InChI=1S/C13H19N3O5/c1-5-6-9(7-8(2)17)16-11(13(19)21-4)10(14-15-16)12(18)20-3/h9H,5-7H2,1-4H3/t9-/m1/s1. The van der Waals surface area contributed by atoms with Crippen molar-refractivity contribution in [3.05, 3.63) is 11.4 Å². The van der Waals surface area contributed by atoms with Gasteiger partial charge in [0.2, 0.25) is 5.69 Å².